The third kappa shape index (κ3) is 3.20. The number of hydrogen-bond acceptors (Lipinski definition) is 4. The van der Waals surface area contributed by atoms with Crippen molar-refractivity contribution in [2.45, 2.75) is 13.8 Å². The van der Waals surface area contributed by atoms with Gasteiger partial charge < -0.3 is 14.9 Å². The fourth-order valence-corrected chi connectivity index (χ4v) is 3.08. The van der Waals surface area contributed by atoms with Crippen LogP contribution >= 0.6 is 0 Å². The van der Waals surface area contributed by atoms with Gasteiger partial charge in [0.15, 0.2) is 5.69 Å². The van der Waals surface area contributed by atoms with Gasteiger partial charge in [0.1, 0.15) is 16.9 Å². The first-order valence-corrected chi connectivity index (χ1v) is 8.97. The molecule has 140 valence electrons. The van der Waals surface area contributed by atoms with E-state index in [-0.39, 0.29) is 17.3 Å². The molecule has 0 aliphatic carbocycles. The first kappa shape index (κ1) is 17.7. The molecule has 0 fully saturated rings. The van der Waals surface area contributed by atoms with Crippen molar-refractivity contribution in [2.75, 3.05) is 6.54 Å². The number of nitrogens with one attached hydrogen (secondary N) is 1. The number of allylic oxidation sites excluding steroid dienone is 1. The van der Waals surface area contributed by atoms with Crippen LogP contribution in [0.4, 0.5) is 0 Å². The van der Waals surface area contributed by atoms with Crippen LogP contribution in [0.5, 0.6) is 0 Å². The molecule has 0 radical (unpaired) electrons. The maximum atomic E-state index is 12.5. The summed E-state index contributed by atoms with van der Waals surface area (Å²) in [6.07, 6.45) is 1.87. The molecule has 0 atom stereocenters. The number of para-hydroxylation sites is 3. The second kappa shape index (κ2) is 7.15. The van der Waals surface area contributed by atoms with Gasteiger partial charge in [0.2, 0.25) is 11.2 Å². The Kier molecular flexibility index (Phi) is 4.53. The third-order valence-electron chi connectivity index (χ3n) is 4.68. The van der Waals surface area contributed by atoms with Crippen LogP contribution < -0.4 is 10.0 Å². The number of furan rings is 1. The Balaban J connectivity index is 1.52. The molecule has 1 amide bonds. The predicted octanol–water partition coefficient (Wildman–Crippen LogP) is 3.76. The quantitative estimate of drug-likeness (QED) is 0.436. The van der Waals surface area contributed by atoms with Gasteiger partial charge in [-0.25, -0.2) is 4.98 Å². The number of rotatable bonds is 4. The van der Waals surface area contributed by atoms with Crippen LogP contribution in [0.15, 0.2) is 65.1 Å². The summed E-state index contributed by atoms with van der Waals surface area (Å²) in [5.41, 5.74) is 3.07. The minimum absolute atomic E-state index is 0.128. The Hall–Kier alpha value is -3.67. The molecule has 4 rings (SSSR count). The van der Waals surface area contributed by atoms with Crippen molar-refractivity contribution in [1.29, 1.82) is 0 Å². The van der Waals surface area contributed by atoms with E-state index in [1.165, 1.54) is 0 Å². The van der Waals surface area contributed by atoms with E-state index < -0.39 is 0 Å². The molecule has 1 N–H and O–H groups in total. The van der Waals surface area contributed by atoms with Crippen molar-refractivity contribution in [3.05, 3.63) is 83.0 Å². The highest BCUT2D eigenvalue weighted by Crippen LogP contribution is 2.23. The number of amides is 1. The van der Waals surface area contributed by atoms with Crippen LogP contribution in [0.1, 0.15) is 28.9 Å². The first-order chi connectivity index (χ1) is 13.5. The maximum absolute atomic E-state index is 12.5. The summed E-state index contributed by atoms with van der Waals surface area (Å²) in [7, 11) is 0. The average molecular weight is 373 g/mol. The number of hydrogen-bond donors (Lipinski definition) is 1. The van der Waals surface area contributed by atoms with E-state index in [1.54, 1.807) is 31.2 Å². The largest absolute Gasteiger partial charge is 0.618 e. The molecular weight excluding hydrogens is 354 g/mol. The van der Waals surface area contributed by atoms with E-state index in [4.69, 9.17) is 4.42 Å². The highest BCUT2D eigenvalue weighted by Gasteiger charge is 2.20. The fourth-order valence-electron chi connectivity index (χ4n) is 3.08. The zero-order valence-corrected chi connectivity index (χ0v) is 15.6. The Labute approximate surface area is 161 Å². The van der Waals surface area contributed by atoms with Crippen molar-refractivity contribution in [2.24, 2.45) is 0 Å². The van der Waals surface area contributed by atoms with Crippen LogP contribution in [0.25, 0.3) is 27.6 Å². The molecule has 4 aromatic rings. The predicted molar refractivity (Wildman–Crippen MR) is 108 cm³/mol. The molecule has 28 heavy (non-hydrogen) atoms. The van der Waals surface area contributed by atoms with E-state index in [0.29, 0.717) is 17.6 Å². The fraction of sp³-hybridized carbons (Fsp3) is 0.136. The number of carbonyl (C=O) groups is 1. The Morgan fingerprint density at radius 2 is 1.96 bits per heavy atom. The zero-order chi connectivity index (χ0) is 19.7. The normalized spacial score (nSPS) is 11.9. The van der Waals surface area contributed by atoms with Crippen LogP contribution in [0.2, 0.25) is 0 Å². The van der Waals surface area contributed by atoms with Crippen LogP contribution in [-0.4, -0.2) is 17.4 Å². The van der Waals surface area contributed by atoms with Gasteiger partial charge in [0.05, 0.1) is 0 Å². The first-order valence-electron chi connectivity index (χ1n) is 8.97. The zero-order valence-electron chi connectivity index (χ0n) is 15.6. The van der Waals surface area contributed by atoms with Crippen LogP contribution in [-0.2, 0) is 0 Å². The number of aromatic nitrogens is 2. The van der Waals surface area contributed by atoms with Crippen molar-refractivity contribution in [1.82, 2.24) is 10.3 Å². The molecule has 0 bridgehead atoms. The Bertz CT molecular complexity index is 1190. The van der Waals surface area contributed by atoms with Gasteiger partial charge in [0.25, 0.3) is 5.91 Å². The maximum Gasteiger partial charge on any atom is 0.276 e. The summed E-state index contributed by atoms with van der Waals surface area (Å²) in [4.78, 5) is 16.9. The van der Waals surface area contributed by atoms with Gasteiger partial charge in [-0.05, 0) is 30.7 Å². The summed E-state index contributed by atoms with van der Waals surface area (Å²) in [6.45, 7) is 3.82. The molecule has 0 aliphatic heterocycles. The highest BCUT2D eigenvalue weighted by atomic mass is 16.5. The Morgan fingerprint density at radius 1 is 1.21 bits per heavy atom. The second-order valence-electron chi connectivity index (χ2n) is 6.57. The summed E-state index contributed by atoms with van der Waals surface area (Å²) < 4.78 is 6.56. The van der Waals surface area contributed by atoms with Gasteiger partial charge >= 0.3 is 0 Å². The monoisotopic (exact) mass is 373 g/mol. The molecule has 2 aromatic heterocycles. The molecule has 0 saturated heterocycles. The van der Waals surface area contributed by atoms with E-state index in [1.807, 2.05) is 43.3 Å². The smallest absolute Gasteiger partial charge is 0.276 e. The lowest BCUT2D eigenvalue weighted by atomic mass is 10.2. The summed E-state index contributed by atoms with van der Waals surface area (Å²) in [5, 5.41) is 16.2. The van der Waals surface area contributed by atoms with E-state index in [9.17, 15) is 10.0 Å². The average Bonchev–Trinajstić information content (AvgIpc) is 3.15. The number of fused-ring (bicyclic) bond motifs is 2. The molecule has 0 unspecified atom stereocenters. The lowest BCUT2D eigenvalue weighted by Gasteiger charge is -2.09. The number of benzene rings is 2. The lowest BCUT2D eigenvalue weighted by Crippen LogP contribution is -2.37. The third-order valence-corrected chi connectivity index (χ3v) is 4.68. The van der Waals surface area contributed by atoms with Gasteiger partial charge in [-0.1, -0.05) is 36.4 Å². The SMILES string of the molecule is CC(=CCNC(=O)c1nc2ccccc2[n+]([O-])c1C)c1cc2ccccc2o1. The minimum atomic E-state index is -0.387. The van der Waals surface area contributed by atoms with Gasteiger partial charge in [-0.2, -0.15) is 4.73 Å². The molecule has 2 heterocycles. The number of carbonyl (C=O) groups excluding carboxylic acids is 1. The lowest BCUT2D eigenvalue weighted by molar-refractivity contribution is -0.584. The topological polar surface area (TPSA) is 82.1 Å². The van der Waals surface area contributed by atoms with Gasteiger partial charge in [0, 0.05) is 24.9 Å². The van der Waals surface area contributed by atoms with Crippen molar-refractivity contribution < 1.29 is 13.9 Å². The molecule has 0 aliphatic rings. The number of nitrogens with zero attached hydrogens (tertiary/aromatic N) is 2. The molecule has 6 nitrogen and oxygen atoms in total. The van der Waals surface area contributed by atoms with E-state index in [2.05, 4.69) is 10.3 Å². The second-order valence-corrected chi connectivity index (χ2v) is 6.57. The molecule has 2 aromatic carbocycles. The van der Waals surface area contributed by atoms with Gasteiger partial charge in [-0.15, -0.1) is 0 Å². The summed E-state index contributed by atoms with van der Waals surface area (Å²) in [5.74, 6) is 0.370. The van der Waals surface area contributed by atoms with Crippen LogP contribution in [0.3, 0.4) is 0 Å². The van der Waals surface area contributed by atoms with Crippen molar-refractivity contribution >= 4 is 33.5 Å². The van der Waals surface area contributed by atoms with Crippen LogP contribution in [0, 0.1) is 12.1 Å². The van der Waals surface area contributed by atoms with Crippen molar-refractivity contribution in [3.63, 3.8) is 0 Å². The standard InChI is InChI=1S/C22H19N3O3/c1-14(20-13-16-7-3-6-10-19(16)28-20)11-12-23-22(26)21-15(2)25(27)18-9-5-4-8-17(18)24-21/h3-11,13H,12H2,1-2H3,(H,23,26). The van der Waals surface area contributed by atoms with E-state index >= 15 is 0 Å². The highest BCUT2D eigenvalue weighted by molar-refractivity contribution is 5.94. The van der Waals surface area contributed by atoms with E-state index in [0.717, 1.165) is 27.0 Å². The Morgan fingerprint density at radius 3 is 2.79 bits per heavy atom. The van der Waals surface area contributed by atoms with Crippen molar-refractivity contribution in [3.8, 4) is 0 Å². The minimum Gasteiger partial charge on any atom is -0.618 e. The summed E-state index contributed by atoms with van der Waals surface area (Å²) >= 11 is 0. The summed E-state index contributed by atoms with van der Waals surface area (Å²) in [6, 6.07) is 16.7. The molecule has 0 saturated carbocycles. The van der Waals surface area contributed by atoms with Gasteiger partial charge in [-0.3, -0.25) is 4.79 Å². The molecule has 0 spiro atoms. The molecular formula is C22H19N3O3. The molecule has 6 heteroatoms.